The molecule has 2 aromatic rings. The number of nitrogens with zero attached hydrogens (tertiary/aromatic N) is 1. The summed E-state index contributed by atoms with van der Waals surface area (Å²) in [6, 6.07) is 15.9. The largest absolute Gasteiger partial charge is 0.484 e. The maximum absolute atomic E-state index is 12.1. The highest BCUT2D eigenvalue weighted by Gasteiger charge is 2.13. The topological polar surface area (TPSA) is 41.6 Å². The minimum Gasteiger partial charge on any atom is -0.484 e. The number of rotatable bonds is 6. The lowest BCUT2D eigenvalue weighted by Crippen LogP contribution is -2.21. The Morgan fingerprint density at radius 3 is 2.58 bits per heavy atom. The molecule has 0 aromatic heterocycles. The Bertz CT molecular complexity index is 676. The molecule has 126 valence electrons. The molecule has 0 saturated carbocycles. The Labute approximate surface area is 143 Å². The van der Waals surface area contributed by atoms with Gasteiger partial charge in [0.05, 0.1) is 0 Å². The molecule has 1 N–H and O–H groups in total. The number of benzene rings is 2. The summed E-state index contributed by atoms with van der Waals surface area (Å²) in [5.74, 6) is 0.571. The van der Waals surface area contributed by atoms with Crippen LogP contribution in [0.5, 0.6) is 5.75 Å². The number of aryl methyl sites for hydroxylation is 1. The third-order valence-electron chi connectivity index (χ3n) is 4.30. The van der Waals surface area contributed by atoms with Gasteiger partial charge in [0, 0.05) is 24.5 Å². The summed E-state index contributed by atoms with van der Waals surface area (Å²) < 4.78 is 5.55. The summed E-state index contributed by atoms with van der Waals surface area (Å²) in [7, 11) is 0. The molecule has 0 radical (unpaired) electrons. The molecule has 1 fully saturated rings. The third-order valence-corrected chi connectivity index (χ3v) is 4.30. The molecule has 1 saturated heterocycles. The van der Waals surface area contributed by atoms with E-state index >= 15 is 0 Å². The van der Waals surface area contributed by atoms with Gasteiger partial charge in [0.15, 0.2) is 6.61 Å². The first kappa shape index (κ1) is 16.4. The van der Waals surface area contributed by atoms with Crippen LogP contribution in [0.4, 0.5) is 11.4 Å². The Morgan fingerprint density at radius 2 is 1.88 bits per heavy atom. The van der Waals surface area contributed by atoms with Gasteiger partial charge in [-0.2, -0.15) is 0 Å². The van der Waals surface area contributed by atoms with Crippen molar-refractivity contribution in [2.75, 3.05) is 29.9 Å². The fourth-order valence-corrected chi connectivity index (χ4v) is 2.92. The van der Waals surface area contributed by atoms with Gasteiger partial charge >= 0.3 is 0 Å². The third kappa shape index (κ3) is 4.28. The molecule has 1 aliphatic heterocycles. The number of anilines is 2. The zero-order valence-corrected chi connectivity index (χ0v) is 14.1. The van der Waals surface area contributed by atoms with Gasteiger partial charge in [-0.05, 0) is 55.2 Å². The number of carbonyl (C=O) groups excluding carboxylic acids is 1. The summed E-state index contributed by atoms with van der Waals surface area (Å²) >= 11 is 0. The van der Waals surface area contributed by atoms with Crippen molar-refractivity contribution in [1.82, 2.24) is 0 Å². The lowest BCUT2D eigenvalue weighted by molar-refractivity contribution is -0.118. The number of hydrogen-bond acceptors (Lipinski definition) is 3. The molecular formula is C20H24N2O2. The summed E-state index contributed by atoms with van der Waals surface area (Å²) in [6.07, 6.45) is 3.47. The van der Waals surface area contributed by atoms with E-state index in [4.69, 9.17) is 4.74 Å². The fourth-order valence-electron chi connectivity index (χ4n) is 2.92. The second-order valence-electron chi connectivity index (χ2n) is 6.08. The van der Waals surface area contributed by atoms with Gasteiger partial charge in [-0.25, -0.2) is 0 Å². The molecule has 1 heterocycles. The van der Waals surface area contributed by atoms with Crippen LogP contribution in [0, 0.1) is 0 Å². The number of amides is 1. The summed E-state index contributed by atoms with van der Waals surface area (Å²) in [5, 5.41) is 2.91. The maximum Gasteiger partial charge on any atom is 0.262 e. The molecule has 0 bridgehead atoms. The lowest BCUT2D eigenvalue weighted by Gasteiger charge is -2.18. The maximum atomic E-state index is 12.1. The Morgan fingerprint density at radius 1 is 1.12 bits per heavy atom. The van der Waals surface area contributed by atoms with Gasteiger partial charge in [-0.1, -0.05) is 25.1 Å². The van der Waals surface area contributed by atoms with Crippen LogP contribution in [0.25, 0.3) is 0 Å². The molecule has 0 aliphatic carbocycles. The van der Waals surface area contributed by atoms with Crippen molar-refractivity contribution >= 4 is 17.3 Å². The monoisotopic (exact) mass is 324 g/mol. The molecule has 1 amide bonds. The second kappa shape index (κ2) is 7.86. The Kier molecular flexibility index (Phi) is 5.36. The average molecular weight is 324 g/mol. The van der Waals surface area contributed by atoms with Gasteiger partial charge in [0.2, 0.25) is 0 Å². The highest BCUT2D eigenvalue weighted by molar-refractivity contribution is 5.92. The van der Waals surface area contributed by atoms with E-state index in [1.54, 1.807) is 0 Å². The van der Waals surface area contributed by atoms with Crippen LogP contribution in [-0.2, 0) is 11.2 Å². The van der Waals surface area contributed by atoms with E-state index in [1.165, 1.54) is 24.1 Å². The molecule has 2 aromatic carbocycles. The smallest absolute Gasteiger partial charge is 0.262 e. The first-order chi connectivity index (χ1) is 11.7. The van der Waals surface area contributed by atoms with Gasteiger partial charge in [-0.15, -0.1) is 0 Å². The second-order valence-corrected chi connectivity index (χ2v) is 6.08. The van der Waals surface area contributed by atoms with E-state index in [-0.39, 0.29) is 12.5 Å². The van der Waals surface area contributed by atoms with Gasteiger partial charge in [0.1, 0.15) is 5.75 Å². The first-order valence-corrected chi connectivity index (χ1v) is 8.61. The molecule has 4 nitrogen and oxygen atoms in total. The standard InChI is InChI=1S/C20H24N2O2/c1-2-16-8-10-19(11-9-16)24-15-20(23)21-17-6-5-7-18(14-17)22-12-3-4-13-22/h5-11,14H,2-4,12-13,15H2,1H3,(H,21,23). The predicted octanol–water partition coefficient (Wildman–Crippen LogP) is 3.87. The normalized spacial score (nSPS) is 13.8. The Balaban J connectivity index is 1.53. The number of hydrogen-bond donors (Lipinski definition) is 1. The van der Waals surface area contributed by atoms with E-state index < -0.39 is 0 Å². The van der Waals surface area contributed by atoms with E-state index in [0.717, 1.165) is 25.2 Å². The van der Waals surface area contributed by atoms with E-state index in [0.29, 0.717) is 5.75 Å². The van der Waals surface area contributed by atoms with Crippen molar-refractivity contribution in [3.63, 3.8) is 0 Å². The molecule has 1 aliphatic rings. The first-order valence-electron chi connectivity index (χ1n) is 8.61. The molecule has 0 spiro atoms. The van der Waals surface area contributed by atoms with E-state index in [2.05, 4.69) is 23.2 Å². The van der Waals surface area contributed by atoms with Crippen LogP contribution in [0.3, 0.4) is 0 Å². The zero-order chi connectivity index (χ0) is 16.8. The highest BCUT2D eigenvalue weighted by Crippen LogP contribution is 2.23. The summed E-state index contributed by atoms with van der Waals surface area (Å²) in [4.78, 5) is 14.4. The van der Waals surface area contributed by atoms with E-state index in [9.17, 15) is 4.79 Å². The van der Waals surface area contributed by atoms with Gasteiger partial charge in [0.25, 0.3) is 5.91 Å². The van der Waals surface area contributed by atoms with Crippen molar-refractivity contribution in [1.29, 1.82) is 0 Å². The molecular weight excluding hydrogens is 300 g/mol. The van der Waals surface area contributed by atoms with Crippen LogP contribution in [0.2, 0.25) is 0 Å². The van der Waals surface area contributed by atoms with Crippen molar-refractivity contribution < 1.29 is 9.53 Å². The molecule has 3 rings (SSSR count). The molecule has 0 unspecified atom stereocenters. The molecule has 4 heteroatoms. The summed E-state index contributed by atoms with van der Waals surface area (Å²) in [6.45, 7) is 4.31. The number of carbonyl (C=O) groups is 1. The Hall–Kier alpha value is -2.49. The quantitative estimate of drug-likeness (QED) is 0.877. The van der Waals surface area contributed by atoms with Gasteiger partial charge < -0.3 is 15.0 Å². The zero-order valence-electron chi connectivity index (χ0n) is 14.1. The predicted molar refractivity (Wildman–Crippen MR) is 97.8 cm³/mol. The van der Waals surface area contributed by atoms with Crippen LogP contribution in [0.15, 0.2) is 48.5 Å². The van der Waals surface area contributed by atoms with Crippen LogP contribution in [-0.4, -0.2) is 25.6 Å². The van der Waals surface area contributed by atoms with E-state index in [1.807, 2.05) is 42.5 Å². The molecule has 24 heavy (non-hydrogen) atoms. The SMILES string of the molecule is CCc1ccc(OCC(=O)Nc2cccc(N3CCCC3)c2)cc1. The average Bonchev–Trinajstić information content (AvgIpc) is 3.15. The van der Waals surface area contributed by atoms with Crippen LogP contribution in [0.1, 0.15) is 25.3 Å². The van der Waals surface area contributed by atoms with Gasteiger partial charge in [-0.3, -0.25) is 4.79 Å². The van der Waals surface area contributed by atoms with Crippen LogP contribution >= 0.6 is 0 Å². The molecule has 0 atom stereocenters. The van der Waals surface area contributed by atoms with Crippen molar-refractivity contribution in [2.45, 2.75) is 26.2 Å². The number of ether oxygens (including phenoxy) is 1. The highest BCUT2D eigenvalue weighted by atomic mass is 16.5. The van der Waals surface area contributed by atoms with Crippen molar-refractivity contribution in [3.8, 4) is 5.75 Å². The minimum absolute atomic E-state index is 0.0133. The lowest BCUT2D eigenvalue weighted by atomic mass is 10.2. The van der Waals surface area contributed by atoms with Crippen LogP contribution < -0.4 is 15.0 Å². The van der Waals surface area contributed by atoms with Crippen molar-refractivity contribution in [2.24, 2.45) is 0 Å². The number of nitrogens with one attached hydrogen (secondary N) is 1. The fraction of sp³-hybridized carbons (Fsp3) is 0.350. The minimum atomic E-state index is -0.145. The van der Waals surface area contributed by atoms with Crippen molar-refractivity contribution in [3.05, 3.63) is 54.1 Å². The summed E-state index contributed by atoms with van der Waals surface area (Å²) in [5.41, 5.74) is 3.24.